The van der Waals surface area contributed by atoms with Crippen molar-refractivity contribution >= 4 is 16.8 Å². The first-order chi connectivity index (χ1) is 22.0. The van der Waals surface area contributed by atoms with E-state index in [1.807, 2.05) is 0 Å². The quantitative estimate of drug-likeness (QED) is 0.150. The van der Waals surface area contributed by atoms with Gasteiger partial charge in [0.1, 0.15) is 12.4 Å². The van der Waals surface area contributed by atoms with Crippen molar-refractivity contribution in [2.75, 3.05) is 20.3 Å². The Morgan fingerprint density at radius 3 is 2.22 bits per heavy atom. The van der Waals surface area contributed by atoms with Gasteiger partial charge < -0.3 is 14.2 Å². The molecule has 5 aromatic rings. The monoisotopic (exact) mass is 635 g/mol. The highest BCUT2D eigenvalue weighted by Crippen LogP contribution is 2.31. The van der Waals surface area contributed by atoms with Crippen molar-refractivity contribution in [2.45, 2.75) is 32.1 Å². The number of aryl methyl sites for hydroxylation is 2. The summed E-state index contributed by atoms with van der Waals surface area (Å²) >= 11 is 0. The van der Waals surface area contributed by atoms with Crippen LogP contribution in [0.1, 0.15) is 22.5 Å². The minimum absolute atomic E-state index is 0.0568. The van der Waals surface area contributed by atoms with Crippen molar-refractivity contribution < 1.29 is 31.5 Å². The highest BCUT2D eigenvalue weighted by Gasteiger charge is 2.30. The van der Waals surface area contributed by atoms with E-state index in [1.165, 1.54) is 31.4 Å². The Morgan fingerprint density at radius 2 is 1.54 bits per heavy atom. The van der Waals surface area contributed by atoms with E-state index in [-0.39, 0.29) is 56.4 Å². The maximum atomic E-state index is 14.4. The van der Waals surface area contributed by atoms with Gasteiger partial charge in [0, 0.05) is 26.6 Å². The summed E-state index contributed by atoms with van der Waals surface area (Å²) in [5, 5.41) is 0.318. The number of rotatable bonds is 11. The Balaban J connectivity index is 1.39. The highest BCUT2D eigenvalue weighted by molar-refractivity contribution is 5.82. The van der Waals surface area contributed by atoms with Crippen molar-refractivity contribution in [3.8, 4) is 11.1 Å². The molecule has 5 rings (SSSR count). The maximum Gasteiger partial charge on any atom is 0.416 e. The lowest BCUT2D eigenvalue weighted by atomic mass is 10.0. The minimum atomic E-state index is -4.42. The van der Waals surface area contributed by atoms with Crippen LogP contribution in [0.15, 0.2) is 95.8 Å². The van der Waals surface area contributed by atoms with Crippen LogP contribution in [0.4, 0.5) is 22.0 Å². The zero-order chi connectivity index (χ0) is 32.8. The number of carbonyl (C=O) groups excluding carboxylic acids is 1. The molecule has 0 saturated heterocycles. The topological polar surface area (TPSA) is 64.4 Å². The van der Waals surface area contributed by atoms with Crippen molar-refractivity contribution in [2.24, 2.45) is 0 Å². The molecule has 0 radical (unpaired) electrons. The second-order valence-electron chi connectivity index (χ2n) is 10.7. The third-order valence-electron chi connectivity index (χ3n) is 7.70. The van der Waals surface area contributed by atoms with E-state index in [0.29, 0.717) is 16.5 Å². The van der Waals surface area contributed by atoms with Crippen LogP contribution in [0.3, 0.4) is 0 Å². The van der Waals surface area contributed by atoms with Gasteiger partial charge in [0.05, 0.1) is 23.1 Å². The van der Waals surface area contributed by atoms with E-state index in [9.17, 15) is 31.5 Å². The number of halogens is 5. The number of fused-ring (bicyclic) bond motifs is 1. The lowest BCUT2D eigenvalue weighted by Crippen LogP contribution is -2.37. The summed E-state index contributed by atoms with van der Waals surface area (Å²) in [7, 11) is 1.52. The number of carbonyl (C=O) groups is 1. The summed E-state index contributed by atoms with van der Waals surface area (Å²) in [6.07, 6.45) is -4.28. The molecule has 0 unspecified atom stereocenters. The van der Waals surface area contributed by atoms with E-state index in [4.69, 9.17) is 4.74 Å². The van der Waals surface area contributed by atoms with E-state index in [0.717, 1.165) is 29.3 Å². The SMILES string of the molecule is COCCN(Cc1ccc(-c2ccc(C(F)(F)F)cc2)cc1)C(=O)Cn1c(CCc2cccc(F)c2F)nc(=O)c2ccccc21. The van der Waals surface area contributed by atoms with Gasteiger partial charge >= 0.3 is 6.18 Å². The van der Waals surface area contributed by atoms with E-state index >= 15 is 0 Å². The van der Waals surface area contributed by atoms with Crippen molar-refractivity contribution in [3.05, 3.63) is 135 Å². The number of hydrogen-bond donors (Lipinski definition) is 0. The second-order valence-corrected chi connectivity index (χ2v) is 10.7. The molecule has 238 valence electrons. The van der Waals surface area contributed by atoms with Gasteiger partial charge in [-0.3, -0.25) is 9.59 Å². The molecule has 0 aliphatic heterocycles. The second kappa shape index (κ2) is 14.0. The molecule has 0 fully saturated rings. The van der Waals surface area contributed by atoms with Crippen molar-refractivity contribution in [1.29, 1.82) is 0 Å². The molecule has 1 heterocycles. The van der Waals surface area contributed by atoms with E-state index in [1.54, 1.807) is 58.0 Å². The molecule has 11 heteroatoms. The smallest absolute Gasteiger partial charge is 0.383 e. The Morgan fingerprint density at radius 1 is 0.870 bits per heavy atom. The molecule has 46 heavy (non-hydrogen) atoms. The summed E-state index contributed by atoms with van der Waals surface area (Å²) in [6.45, 7) is 0.544. The largest absolute Gasteiger partial charge is 0.416 e. The average molecular weight is 636 g/mol. The van der Waals surface area contributed by atoms with Gasteiger partial charge in [-0.1, -0.05) is 60.7 Å². The predicted molar refractivity (Wildman–Crippen MR) is 164 cm³/mol. The molecule has 0 N–H and O–H groups in total. The number of para-hydroxylation sites is 1. The Bertz CT molecular complexity index is 1890. The summed E-state index contributed by atoms with van der Waals surface area (Å²) in [6, 6.07) is 22.7. The van der Waals surface area contributed by atoms with Crippen LogP contribution in [0.25, 0.3) is 22.0 Å². The van der Waals surface area contributed by atoms with Crippen LogP contribution < -0.4 is 5.56 Å². The van der Waals surface area contributed by atoms with Crippen LogP contribution in [-0.4, -0.2) is 40.6 Å². The van der Waals surface area contributed by atoms with Crippen LogP contribution in [0.5, 0.6) is 0 Å². The summed E-state index contributed by atoms with van der Waals surface area (Å²) in [4.78, 5) is 32.5. The van der Waals surface area contributed by atoms with Gasteiger partial charge in [-0.2, -0.15) is 18.2 Å². The van der Waals surface area contributed by atoms with Gasteiger partial charge in [0.15, 0.2) is 11.6 Å². The molecule has 0 bridgehead atoms. The molecule has 1 amide bonds. The van der Waals surface area contributed by atoms with Crippen molar-refractivity contribution in [1.82, 2.24) is 14.5 Å². The fourth-order valence-electron chi connectivity index (χ4n) is 5.23. The molecular formula is C35H30F5N3O3. The molecule has 1 aromatic heterocycles. The third-order valence-corrected chi connectivity index (χ3v) is 7.70. The Labute approximate surface area is 261 Å². The molecule has 0 spiro atoms. The number of nitrogens with zero attached hydrogens (tertiary/aromatic N) is 3. The lowest BCUT2D eigenvalue weighted by Gasteiger charge is -2.25. The first-order valence-corrected chi connectivity index (χ1v) is 14.5. The molecule has 0 atom stereocenters. The lowest BCUT2D eigenvalue weighted by molar-refractivity contribution is -0.137. The first kappa shape index (κ1) is 32.5. The van der Waals surface area contributed by atoms with E-state index in [2.05, 4.69) is 4.98 Å². The zero-order valence-corrected chi connectivity index (χ0v) is 24.9. The van der Waals surface area contributed by atoms with Gasteiger partial charge in [-0.25, -0.2) is 8.78 Å². The number of alkyl halides is 3. The van der Waals surface area contributed by atoms with Crippen LogP contribution in [-0.2, 0) is 41.6 Å². The molecular weight excluding hydrogens is 605 g/mol. The van der Waals surface area contributed by atoms with Crippen LogP contribution in [0.2, 0.25) is 0 Å². The van der Waals surface area contributed by atoms with Gasteiger partial charge in [0.2, 0.25) is 5.91 Å². The summed E-state index contributed by atoms with van der Waals surface area (Å²) in [5.74, 6) is -1.98. The zero-order valence-electron chi connectivity index (χ0n) is 24.9. The molecule has 0 aliphatic carbocycles. The third kappa shape index (κ3) is 7.48. The Kier molecular flexibility index (Phi) is 9.91. The number of hydrogen-bond acceptors (Lipinski definition) is 4. The fourth-order valence-corrected chi connectivity index (χ4v) is 5.23. The van der Waals surface area contributed by atoms with Crippen LogP contribution >= 0.6 is 0 Å². The standard InChI is InChI=1S/C35H30F5N3O3/c1-46-20-19-42(21-23-9-11-24(12-10-23)25-13-16-27(17-14-25)35(38,39)40)32(44)22-43-30-8-3-2-6-28(30)34(45)41-31(43)18-15-26-5-4-7-29(36)33(26)37/h2-14,16-17H,15,18-22H2,1H3. The highest BCUT2D eigenvalue weighted by atomic mass is 19.4. The van der Waals surface area contributed by atoms with Gasteiger partial charge in [-0.05, 0) is 59.0 Å². The molecule has 6 nitrogen and oxygen atoms in total. The number of methoxy groups -OCH3 is 1. The molecule has 4 aromatic carbocycles. The molecule has 0 saturated carbocycles. The average Bonchev–Trinajstić information content (AvgIpc) is 3.05. The normalized spacial score (nSPS) is 11.6. The summed E-state index contributed by atoms with van der Waals surface area (Å²) in [5.41, 5.74) is 1.52. The van der Waals surface area contributed by atoms with Gasteiger partial charge in [0.25, 0.3) is 5.56 Å². The fraction of sp³-hybridized carbons (Fsp3) is 0.229. The van der Waals surface area contributed by atoms with Crippen molar-refractivity contribution in [3.63, 3.8) is 0 Å². The number of ether oxygens (including phenoxy) is 1. The van der Waals surface area contributed by atoms with E-state index < -0.39 is 28.9 Å². The predicted octanol–water partition coefficient (Wildman–Crippen LogP) is 6.82. The number of aromatic nitrogens is 2. The van der Waals surface area contributed by atoms with Gasteiger partial charge in [-0.15, -0.1) is 0 Å². The summed E-state index contributed by atoms with van der Waals surface area (Å²) < 4.78 is 73.9. The number of benzene rings is 4. The van der Waals surface area contributed by atoms with Crippen LogP contribution in [0, 0.1) is 11.6 Å². The first-order valence-electron chi connectivity index (χ1n) is 14.5. The number of amides is 1. The maximum absolute atomic E-state index is 14.4. The minimum Gasteiger partial charge on any atom is -0.383 e. The Hall–Kier alpha value is -4.90. The molecule has 0 aliphatic rings.